The molecule has 0 unspecified atom stereocenters. The van der Waals surface area contributed by atoms with Crippen LogP contribution in [0.4, 0.5) is 0 Å². The van der Waals surface area contributed by atoms with Gasteiger partial charge < -0.3 is 0 Å². The Kier molecular flexibility index (Phi) is 6.38. The third kappa shape index (κ3) is 3.96. The third-order valence-corrected chi connectivity index (χ3v) is 3.08. The summed E-state index contributed by atoms with van der Waals surface area (Å²) in [6, 6.07) is 8.69. The second-order valence-electron chi connectivity index (χ2n) is 4.16. The van der Waals surface area contributed by atoms with Gasteiger partial charge in [-0.3, -0.25) is 0 Å². The van der Waals surface area contributed by atoms with Gasteiger partial charge in [0.15, 0.2) is 0 Å². The van der Waals surface area contributed by atoms with E-state index in [0.717, 1.165) is 6.42 Å². The quantitative estimate of drug-likeness (QED) is 0.469. The molecule has 19 heavy (non-hydrogen) atoms. The van der Waals surface area contributed by atoms with Crippen molar-refractivity contribution in [2.45, 2.75) is 19.8 Å². The minimum absolute atomic E-state index is 1.15. The van der Waals surface area contributed by atoms with Gasteiger partial charge in [-0.2, -0.15) is 0 Å². The molecule has 0 bridgehead atoms. The highest BCUT2D eigenvalue weighted by molar-refractivity contribution is 5.78. The molecule has 0 aliphatic heterocycles. The summed E-state index contributed by atoms with van der Waals surface area (Å²) in [7, 11) is 0. The summed E-state index contributed by atoms with van der Waals surface area (Å²) in [5, 5.41) is 0. The van der Waals surface area contributed by atoms with E-state index in [4.69, 9.17) is 0 Å². The number of benzene rings is 1. The molecule has 98 valence electrons. The molecule has 1 aliphatic rings. The van der Waals surface area contributed by atoms with Crippen LogP contribution in [0, 0.1) is 0 Å². The molecule has 0 amide bonds. The highest BCUT2D eigenvalue weighted by Gasteiger charge is 2.02. The minimum atomic E-state index is 1.15. The normalized spacial score (nSPS) is 14.2. The van der Waals surface area contributed by atoms with Crippen LogP contribution in [0.3, 0.4) is 0 Å². The molecule has 0 heterocycles. The fourth-order valence-electron chi connectivity index (χ4n) is 2.08. The first-order chi connectivity index (χ1) is 9.35. The van der Waals surface area contributed by atoms with Gasteiger partial charge in [-0.1, -0.05) is 61.2 Å². The number of allylic oxidation sites excluding steroid dienone is 7. The first-order valence-corrected chi connectivity index (χ1v) is 6.61. The zero-order valence-electron chi connectivity index (χ0n) is 11.7. The van der Waals surface area contributed by atoms with Crippen molar-refractivity contribution < 1.29 is 0 Å². The van der Waals surface area contributed by atoms with Gasteiger partial charge in [0.1, 0.15) is 0 Å². The maximum atomic E-state index is 3.83. The van der Waals surface area contributed by atoms with E-state index in [-0.39, 0.29) is 0 Å². The topological polar surface area (TPSA) is 0 Å². The van der Waals surface area contributed by atoms with Crippen LogP contribution in [0.15, 0.2) is 74.4 Å². The fraction of sp³-hybridized carbons (Fsp3) is 0.158. The summed E-state index contributed by atoms with van der Waals surface area (Å²) in [6.07, 6.45) is 13.1. The van der Waals surface area contributed by atoms with Gasteiger partial charge in [-0.25, -0.2) is 0 Å². The summed E-state index contributed by atoms with van der Waals surface area (Å²) < 4.78 is 0. The molecule has 1 aromatic rings. The molecular weight excluding hydrogens is 228 g/mol. The minimum Gasteiger partial charge on any atom is -0.106 e. The molecule has 0 atom stereocenters. The Balaban J connectivity index is 0.000000861. The van der Waals surface area contributed by atoms with Crippen molar-refractivity contribution >= 4 is 11.1 Å². The van der Waals surface area contributed by atoms with Gasteiger partial charge in [0.25, 0.3) is 0 Å². The Labute approximate surface area is 117 Å². The van der Waals surface area contributed by atoms with Crippen molar-refractivity contribution in [1.29, 1.82) is 0 Å². The van der Waals surface area contributed by atoms with Crippen molar-refractivity contribution in [2.75, 3.05) is 0 Å². The first-order valence-electron chi connectivity index (χ1n) is 6.61. The van der Waals surface area contributed by atoms with Gasteiger partial charge in [-0.15, -0.1) is 13.2 Å². The van der Waals surface area contributed by atoms with Crippen LogP contribution in [-0.4, -0.2) is 0 Å². The van der Waals surface area contributed by atoms with E-state index >= 15 is 0 Å². The van der Waals surface area contributed by atoms with Crippen molar-refractivity contribution in [3.05, 3.63) is 85.5 Å². The summed E-state index contributed by atoms with van der Waals surface area (Å²) in [5.41, 5.74) is 5.05. The molecule has 0 aromatic heterocycles. The van der Waals surface area contributed by atoms with Gasteiger partial charge in [-0.05, 0) is 42.0 Å². The smallest absolute Gasteiger partial charge is 0.0187 e. The summed E-state index contributed by atoms with van der Waals surface area (Å²) >= 11 is 0. The van der Waals surface area contributed by atoms with Crippen molar-refractivity contribution in [3.63, 3.8) is 0 Å². The lowest BCUT2D eigenvalue weighted by atomic mass is 9.97. The van der Waals surface area contributed by atoms with Crippen molar-refractivity contribution in [3.8, 4) is 0 Å². The molecule has 0 saturated heterocycles. The fourth-order valence-corrected chi connectivity index (χ4v) is 2.08. The van der Waals surface area contributed by atoms with Crippen LogP contribution in [0.1, 0.15) is 30.9 Å². The van der Waals surface area contributed by atoms with Crippen molar-refractivity contribution in [1.82, 2.24) is 0 Å². The zero-order valence-corrected chi connectivity index (χ0v) is 11.7. The standard InChI is InChI=1S/C17H18.C2H4/c1-3-14(4-2)16-10-12-17(13-11-16)15-8-6-5-7-9-15;1-2/h3-4,6,8-13H,1,5,7H2,2H3;1-2H2/b14-4+;. The van der Waals surface area contributed by atoms with E-state index in [2.05, 4.69) is 68.3 Å². The Morgan fingerprint density at radius 3 is 2.26 bits per heavy atom. The molecular formula is C19H22. The SMILES string of the molecule is C=C.C=C/C(=C\C)c1ccc(C2=CCCC=C2)cc1. The Morgan fingerprint density at radius 1 is 1.11 bits per heavy atom. The maximum absolute atomic E-state index is 3.83. The molecule has 0 nitrogen and oxygen atoms in total. The van der Waals surface area contributed by atoms with Gasteiger partial charge in [0.2, 0.25) is 0 Å². The number of hydrogen-bond acceptors (Lipinski definition) is 0. The van der Waals surface area contributed by atoms with Crippen LogP contribution in [0.25, 0.3) is 11.1 Å². The summed E-state index contributed by atoms with van der Waals surface area (Å²) in [4.78, 5) is 0. The lowest BCUT2D eigenvalue weighted by Gasteiger charge is -2.08. The highest BCUT2D eigenvalue weighted by atomic mass is 14.1. The van der Waals surface area contributed by atoms with Crippen LogP contribution in [0.2, 0.25) is 0 Å². The van der Waals surface area contributed by atoms with E-state index in [1.54, 1.807) is 0 Å². The maximum Gasteiger partial charge on any atom is -0.0187 e. The van der Waals surface area contributed by atoms with Crippen molar-refractivity contribution in [2.24, 2.45) is 0 Å². The zero-order chi connectivity index (χ0) is 14.1. The summed E-state index contributed by atoms with van der Waals surface area (Å²) in [6.45, 7) is 11.9. The second-order valence-corrected chi connectivity index (χ2v) is 4.16. The lowest BCUT2D eigenvalue weighted by molar-refractivity contribution is 1.04. The van der Waals surface area contributed by atoms with Crippen LogP contribution in [-0.2, 0) is 0 Å². The largest absolute Gasteiger partial charge is 0.106 e. The average molecular weight is 250 g/mol. The molecule has 2 rings (SSSR count). The lowest BCUT2D eigenvalue weighted by Crippen LogP contribution is -1.87. The summed E-state index contributed by atoms with van der Waals surface area (Å²) in [5.74, 6) is 0. The number of rotatable bonds is 3. The van der Waals surface area contributed by atoms with E-state index in [1.807, 2.05) is 13.0 Å². The molecule has 1 aliphatic carbocycles. The van der Waals surface area contributed by atoms with Gasteiger partial charge >= 0.3 is 0 Å². The van der Waals surface area contributed by atoms with Gasteiger partial charge in [0.05, 0.1) is 0 Å². The second kappa shape index (κ2) is 8.10. The van der Waals surface area contributed by atoms with Crippen LogP contribution < -0.4 is 0 Å². The monoisotopic (exact) mass is 250 g/mol. The highest BCUT2D eigenvalue weighted by Crippen LogP contribution is 2.23. The van der Waals surface area contributed by atoms with E-state index in [9.17, 15) is 0 Å². The molecule has 0 radical (unpaired) electrons. The van der Waals surface area contributed by atoms with Gasteiger partial charge in [0, 0.05) is 0 Å². The van der Waals surface area contributed by atoms with E-state index in [1.165, 1.54) is 28.7 Å². The third-order valence-electron chi connectivity index (χ3n) is 3.08. The van der Waals surface area contributed by atoms with Crippen LogP contribution >= 0.6 is 0 Å². The average Bonchev–Trinajstić information content (AvgIpc) is 2.52. The molecule has 0 fully saturated rings. The van der Waals surface area contributed by atoms with E-state index < -0.39 is 0 Å². The molecule has 0 N–H and O–H groups in total. The first kappa shape index (κ1) is 15.0. The number of hydrogen-bond donors (Lipinski definition) is 0. The molecule has 0 spiro atoms. The van der Waals surface area contributed by atoms with E-state index in [0.29, 0.717) is 0 Å². The Bertz CT molecular complexity index is 495. The molecule has 1 aromatic carbocycles. The molecule has 0 heteroatoms. The predicted octanol–water partition coefficient (Wildman–Crippen LogP) is 5.81. The Morgan fingerprint density at radius 2 is 1.79 bits per heavy atom. The Hall–Kier alpha value is -2.08. The van der Waals surface area contributed by atoms with Crippen LogP contribution in [0.5, 0.6) is 0 Å². The molecule has 0 saturated carbocycles. The predicted molar refractivity (Wildman–Crippen MR) is 87.9 cm³/mol.